The van der Waals surface area contributed by atoms with E-state index in [1.165, 1.54) is 0 Å². The lowest BCUT2D eigenvalue weighted by Gasteiger charge is -2.01. The molecule has 0 saturated carbocycles. The fourth-order valence-corrected chi connectivity index (χ4v) is 1.75. The molecule has 0 aliphatic carbocycles. The zero-order valence-corrected chi connectivity index (χ0v) is 9.68. The number of hydrogen-bond donors (Lipinski definition) is 0. The topological polar surface area (TPSA) is 47.6 Å². The molecule has 0 N–H and O–H groups in total. The maximum absolute atomic E-state index is 8.75. The molecule has 0 aliphatic heterocycles. The minimum Gasteiger partial charge on any atom is -0.198 e. The summed E-state index contributed by atoms with van der Waals surface area (Å²) in [5, 5.41) is 17.2. The quantitative estimate of drug-likeness (QED) is 0.800. The fraction of sp³-hybridized carbons (Fsp3) is 0.111. The molecule has 2 nitrogen and oxygen atoms in total. The summed E-state index contributed by atoms with van der Waals surface area (Å²) in [4.78, 5) is 0. The van der Waals surface area contributed by atoms with Gasteiger partial charge >= 0.3 is 0 Å². The second kappa shape index (κ2) is 4.41. The lowest BCUT2D eigenvalue weighted by Crippen LogP contribution is -1.86. The van der Waals surface area contributed by atoms with Crippen molar-refractivity contribution in [1.29, 1.82) is 10.5 Å². The van der Waals surface area contributed by atoms with Gasteiger partial charge in [-0.25, -0.2) is 0 Å². The number of nitrogens with zero attached hydrogens (tertiary/aromatic N) is 2. The van der Waals surface area contributed by atoms with E-state index in [9.17, 15) is 0 Å². The zero-order chi connectivity index (χ0) is 9.84. The number of halogens is 2. The van der Waals surface area contributed by atoms with Crippen LogP contribution >= 0.6 is 31.9 Å². The molecule has 13 heavy (non-hydrogen) atoms. The van der Waals surface area contributed by atoms with Crippen LogP contribution in [-0.2, 0) is 6.42 Å². The number of benzene rings is 1. The van der Waals surface area contributed by atoms with Crippen LogP contribution in [0.3, 0.4) is 0 Å². The molecule has 0 heterocycles. The molecule has 0 fully saturated rings. The highest BCUT2D eigenvalue weighted by Crippen LogP contribution is 2.28. The molecule has 64 valence electrons. The molecule has 4 heteroatoms. The van der Waals surface area contributed by atoms with Crippen LogP contribution < -0.4 is 0 Å². The summed E-state index contributed by atoms with van der Waals surface area (Å²) in [6.45, 7) is 0. The van der Waals surface area contributed by atoms with Gasteiger partial charge in [0.1, 0.15) is 6.07 Å². The summed E-state index contributed by atoms with van der Waals surface area (Å²) < 4.78 is 1.54. The van der Waals surface area contributed by atoms with Crippen LogP contribution in [0, 0.1) is 22.7 Å². The van der Waals surface area contributed by atoms with Gasteiger partial charge in [-0.05, 0) is 49.6 Å². The SMILES string of the molecule is N#CCc1cc(Br)c(Br)c(C#N)c1. The van der Waals surface area contributed by atoms with Gasteiger partial charge in [0.05, 0.1) is 18.1 Å². The minimum atomic E-state index is 0.320. The molecule has 0 atom stereocenters. The Kier molecular flexibility index (Phi) is 3.48. The first-order chi connectivity index (χ1) is 6.19. The Morgan fingerprint density at radius 1 is 1.23 bits per heavy atom. The van der Waals surface area contributed by atoms with Crippen molar-refractivity contribution in [2.45, 2.75) is 6.42 Å². The second-order valence-electron chi connectivity index (χ2n) is 2.39. The molecule has 0 saturated heterocycles. The van der Waals surface area contributed by atoms with Crippen LogP contribution in [0.1, 0.15) is 11.1 Å². The van der Waals surface area contributed by atoms with Gasteiger partial charge in [-0.15, -0.1) is 0 Å². The average molecular weight is 300 g/mol. The Balaban J connectivity index is 3.26. The molecule has 0 radical (unpaired) electrons. The molecule has 0 aliphatic rings. The van der Waals surface area contributed by atoms with Gasteiger partial charge in [0.25, 0.3) is 0 Å². The highest BCUT2D eigenvalue weighted by atomic mass is 79.9. The van der Waals surface area contributed by atoms with E-state index >= 15 is 0 Å². The van der Waals surface area contributed by atoms with E-state index in [0.717, 1.165) is 14.5 Å². The normalized spacial score (nSPS) is 8.92. The molecule has 0 unspecified atom stereocenters. The maximum atomic E-state index is 8.75. The van der Waals surface area contributed by atoms with Crippen LogP contribution in [0.4, 0.5) is 0 Å². The predicted molar refractivity (Wildman–Crippen MR) is 55.9 cm³/mol. The Morgan fingerprint density at radius 2 is 1.92 bits per heavy atom. The van der Waals surface area contributed by atoms with Crippen LogP contribution in [0.25, 0.3) is 0 Å². The van der Waals surface area contributed by atoms with Crippen LogP contribution in [0.5, 0.6) is 0 Å². The van der Waals surface area contributed by atoms with E-state index < -0.39 is 0 Å². The van der Waals surface area contributed by atoms with E-state index in [4.69, 9.17) is 10.5 Å². The molecule has 0 bridgehead atoms. The van der Waals surface area contributed by atoms with E-state index in [1.54, 1.807) is 6.07 Å². The number of rotatable bonds is 1. The molecule has 0 spiro atoms. The molecular formula is C9H4Br2N2. The number of nitriles is 2. The number of hydrogen-bond acceptors (Lipinski definition) is 2. The van der Waals surface area contributed by atoms with Crippen LogP contribution in [-0.4, -0.2) is 0 Å². The first kappa shape index (κ1) is 10.2. The lowest BCUT2D eigenvalue weighted by molar-refractivity contribution is 1.24. The summed E-state index contributed by atoms with van der Waals surface area (Å²) in [6.07, 6.45) is 0.320. The molecule has 0 amide bonds. The Labute approximate surface area is 93.0 Å². The summed E-state index contributed by atoms with van der Waals surface area (Å²) in [7, 11) is 0. The van der Waals surface area contributed by atoms with Gasteiger partial charge in [-0.1, -0.05) is 0 Å². The summed E-state index contributed by atoms with van der Waals surface area (Å²) in [5.41, 5.74) is 1.38. The van der Waals surface area contributed by atoms with Gasteiger partial charge in [-0.2, -0.15) is 10.5 Å². The third-order valence-electron chi connectivity index (χ3n) is 1.49. The van der Waals surface area contributed by atoms with Crippen molar-refractivity contribution < 1.29 is 0 Å². The van der Waals surface area contributed by atoms with Crippen molar-refractivity contribution in [2.75, 3.05) is 0 Å². The van der Waals surface area contributed by atoms with Crippen molar-refractivity contribution in [3.8, 4) is 12.1 Å². The van der Waals surface area contributed by atoms with Gasteiger partial charge in [0, 0.05) is 8.95 Å². The van der Waals surface area contributed by atoms with Crippen LogP contribution in [0.2, 0.25) is 0 Å². The Hall–Kier alpha value is -0.840. The largest absolute Gasteiger partial charge is 0.198 e. The van der Waals surface area contributed by atoms with E-state index in [-0.39, 0.29) is 0 Å². The van der Waals surface area contributed by atoms with Crippen LogP contribution in [0.15, 0.2) is 21.1 Å². The first-order valence-corrected chi connectivity index (χ1v) is 5.02. The minimum absolute atomic E-state index is 0.320. The summed E-state index contributed by atoms with van der Waals surface area (Å²) in [6, 6.07) is 7.62. The second-order valence-corrected chi connectivity index (χ2v) is 4.03. The third kappa shape index (κ3) is 2.30. The first-order valence-electron chi connectivity index (χ1n) is 3.44. The van der Waals surface area contributed by atoms with Crippen molar-refractivity contribution in [1.82, 2.24) is 0 Å². The molecule has 1 aromatic rings. The van der Waals surface area contributed by atoms with Gasteiger partial charge in [-0.3, -0.25) is 0 Å². The molecule has 0 aromatic heterocycles. The van der Waals surface area contributed by atoms with Gasteiger partial charge in [0.2, 0.25) is 0 Å². The highest BCUT2D eigenvalue weighted by Gasteiger charge is 2.05. The van der Waals surface area contributed by atoms with Crippen molar-refractivity contribution in [3.05, 3.63) is 32.2 Å². The monoisotopic (exact) mass is 298 g/mol. The van der Waals surface area contributed by atoms with Crippen molar-refractivity contribution >= 4 is 31.9 Å². The lowest BCUT2D eigenvalue weighted by atomic mass is 10.1. The predicted octanol–water partition coefficient (Wildman–Crippen LogP) is 3.15. The van der Waals surface area contributed by atoms with Gasteiger partial charge < -0.3 is 0 Å². The molecule has 1 aromatic carbocycles. The Bertz CT molecular complexity index is 413. The zero-order valence-electron chi connectivity index (χ0n) is 6.51. The molecular weight excluding hydrogens is 296 g/mol. The van der Waals surface area contributed by atoms with E-state index in [1.807, 2.05) is 18.2 Å². The van der Waals surface area contributed by atoms with Crippen molar-refractivity contribution in [3.63, 3.8) is 0 Å². The smallest absolute Gasteiger partial charge is 0.100 e. The maximum Gasteiger partial charge on any atom is 0.100 e. The molecule has 1 rings (SSSR count). The fourth-order valence-electron chi connectivity index (χ4n) is 0.920. The highest BCUT2D eigenvalue weighted by molar-refractivity contribution is 9.13. The van der Waals surface area contributed by atoms with Crippen molar-refractivity contribution in [2.24, 2.45) is 0 Å². The summed E-state index contributed by atoms with van der Waals surface area (Å²) >= 11 is 6.57. The average Bonchev–Trinajstić information content (AvgIpc) is 2.11. The van der Waals surface area contributed by atoms with E-state index in [2.05, 4.69) is 31.9 Å². The van der Waals surface area contributed by atoms with E-state index in [0.29, 0.717) is 12.0 Å². The summed E-state index contributed by atoms with van der Waals surface area (Å²) in [5.74, 6) is 0. The third-order valence-corrected chi connectivity index (χ3v) is 3.50. The Morgan fingerprint density at radius 3 is 2.46 bits per heavy atom. The van der Waals surface area contributed by atoms with Gasteiger partial charge in [0.15, 0.2) is 0 Å². The standard InChI is InChI=1S/C9H4Br2N2/c10-8-4-6(1-2-12)3-7(5-13)9(8)11/h3-4H,1H2.